The Morgan fingerprint density at radius 1 is 1.52 bits per heavy atom. The van der Waals surface area contributed by atoms with E-state index >= 15 is 0 Å². The van der Waals surface area contributed by atoms with E-state index < -0.39 is 0 Å². The van der Waals surface area contributed by atoms with Gasteiger partial charge in [-0.3, -0.25) is 14.3 Å². The van der Waals surface area contributed by atoms with Crippen LogP contribution in [0.1, 0.15) is 38.3 Å². The van der Waals surface area contributed by atoms with E-state index in [1.807, 2.05) is 10.9 Å². The summed E-state index contributed by atoms with van der Waals surface area (Å²) >= 11 is 0. The van der Waals surface area contributed by atoms with Gasteiger partial charge in [0.2, 0.25) is 11.8 Å². The van der Waals surface area contributed by atoms with Crippen molar-refractivity contribution in [1.29, 1.82) is 0 Å². The maximum absolute atomic E-state index is 12.3. The molecule has 128 valence electrons. The van der Waals surface area contributed by atoms with Crippen molar-refractivity contribution in [3.05, 3.63) is 18.0 Å². The summed E-state index contributed by atoms with van der Waals surface area (Å²) in [5.41, 5.74) is 0.982. The molecular weight excluding hydrogens is 296 g/mol. The molecule has 0 bridgehead atoms. The summed E-state index contributed by atoms with van der Waals surface area (Å²) in [7, 11) is 1.61. The summed E-state index contributed by atoms with van der Waals surface area (Å²) in [6.45, 7) is 6.09. The zero-order chi connectivity index (χ0) is 16.8. The number of hydrogen-bond acceptors (Lipinski definition) is 4. The normalized spacial score (nSPS) is 18.5. The summed E-state index contributed by atoms with van der Waals surface area (Å²) in [5.74, 6) is -0.0498. The minimum Gasteiger partial charge on any atom is -0.383 e. The molecule has 2 amide bonds. The first-order valence-corrected chi connectivity index (χ1v) is 8.08. The zero-order valence-electron chi connectivity index (χ0n) is 14.1. The molecule has 1 saturated heterocycles. The maximum Gasteiger partial charge on any atom is 0.225 e. The Balaban J connectivity index is 1.83. The fourth-order valence-corrected chi connectivity index (χ4v) is 2.63. The fourth-order valence-electron chi connectivity index (χ4n) is 2.63. The van der Waals surface area contributed by atoms with Crippen LogP contribution in [0.25, 0.3) is 0 Å². The van der Waals surface area contributed by atoms with Crippen LogP contribution >= 0.6 is 0 Å². The van der Waals surface area contributed by atoms with Gasteiger partial charge in [0.1, 0.15) is 0 Å². The Morgan fingerprint density at radius 2 is 2.30 bits per heavy atom. The lowest BCUT2D eigenvalue weighted by atomic mass is 9.96. The van der Waals surface area contributed by atoms with E-state index in [0.29, 0.717) is 45.1 Å². The molecule has 0 aliphatic carbocycles. The van der Waals surface area contributed by atoms with E-state index in [2.05, 4.69) is 24.3 Å². The second-order valence-corrected chi connectivity index (χ2v) is 6.21. The third-order valence-electron chi connectivity index (χ3n) is 4.09. The van der Waals surface area contributed by atoms with Crippen LogP contribution in [0.5, 0.6) is 0 Å². The monoisotopic (exact) mass is 322 g/mol. The van der Waals surface area contributed by atoms with Gasteiger partial charge in [0.15, 0.2) is 0 Å². The van der Waals surface area contributed by atoms with Crippen molar-refractivity contribution in [3.63, 3.8) is 0 Å². The van der Waals surface area contributed by atoms with Crippen LogP contribution in [0.2, 0.25) is 0 Å². The lowest BCUT2D eigenvalue weighted by Gasteiger charge is -2.31. The van der Waals surface area contributed by atoms with Crippen molar-refractivity contribution < 1.29 is 14.3 Å². The Labute approximate surface area is 137 Å². The average molecular weight is 322 g/mol. The van der Waals surface area contributed by atoms with E-state index in [1.165, 1.54) is 0 Å². The first kappa shape index (κ1) is 17.5. The van der Waals surface area contributed by atoms with Crippen molar-refractivity contribution in [2.75, 3.05) is 26.8 Å². The SMILES string of the molecule is COCCN1C[C@@H](C(=O)NCc2cnn(C(C)C)c2)CCC1=O. The molecule has 0 unspecified atom stereocenters. The Kier molecular flexibility index (Phi) is 6.15. The molecule has 1 aliphatic rings. The number of rotatable bonds is 7. The van der Waals surface area contributed by atoms with Crippen LogP contribution in [0.15, 0.2) is 12.4 Å². The number of aromatic nitrogens is 2. The van der Waals surface area contributed by atoms with Crippen LogP contribution in [-0.4, -0.2) is 53.3 Å². The first-order chi connectivity index (χ1) is 11.0. The summed E-state index contributed by atoms with van der Waals surface area (Å²) < 4.78 is 6.88. The molecule has 1 fully saturated rings. The van der Waals surface area contributed by atoms with Gasteiger partial charge in [-0.1, -0.05) is 0 Å². The predicted octanol–water partition coefficient (Wildman–Crippen LogP) is 0.965. The van der Waals surface area contributed by atoms with Crippen LogP contribution in [0.3, 0.4) is 0 Å². The number of nitrogens with one attached hydrogen (secondary N) is 1. The van der Waals surface area contributed by atoms with Crippen LogP contribution in [0.4, 0.5) is 0 Å². The molecule has 23 heavy (non-hydrogen) atoms. The Bertz CT molecular complexity index is 541. The molecule has 0 spiro atoms. The lowest BCUT2D eigenvalue weighted by Crippen LogP contribution is -2.46. The van der Waals surface area contributed by atoms with Gasteiger partial charge in [-0.15, -0.1) is 0 Å². The van der Waals surface area contributed by atoms with Crippen molar-refractivity contribution in [1.82, 2.24) is 20.0 Å². The van der Waals surface area contributed by atoms with Crippen molar-refractivity contribution >= 4 is 11.8 Å². The number of piperidine rings is 1. The Morgan fingerprint density at radius 3 is 2.96 bits per heavy atom. The topological polar surface area (TPSA) is 76.5 Å². The van der Waals surface area contributed by atoms with Gasteiger partial charge >= 0.3 is 0 Å². The highest BCUT2D eigenvalue weighted by molar-refractivity contribution is 5.83. The number of likely N-dealkylation sites (tertiary alicyclic amines) is 1. The third kappa shape index (κ3) is 4.79. The molecule has 0 aromatic carbocycles. The highest BCUT2D eigenvalue weighted by atomic mass is 16.5. The molecule has 2 heterocycles. The molecule has 7 nitrogen and oxygen atoms in total. The van der Waals surface area contributed by atoms with Gasteiger partial charge in [-0.05, 0) is 20.3 Å². The minimum absolute atomic E-state index is 0.00258. The van der Waals surface area contributed by atoms with E-state index in [-0.39, 0.29) is 17.7 Å². The summed E-state index contributed by atoms with van der Waals surface area (Å²) in [5, 5.41) is 7.21. The highest BCUT2D eigenvalue weighted by Crippen LogP contribution is 2.18. The average Bonchev–Trinajstić information content (AvgIpc) is 3.01. The molecule has 1 aromatic heterocycles. The minimum atomic E-state index is -0.148. The first-order valence-electron chi connectivity index (χ1n) is 8.08. The summed E-state index contributed by atoms with van der Waals surface area (Å²) in [6.07, 6.45) is 4.75. The molecule has 7 heteroatoms. The summed E-state index contributed by atoms with van der Waals surface area (Å²) in [6, 6.07) is 0.304. The number of carbonyl (C=O) groups is 2. The number of nitrogens with zero attached hydrogens (tertiary/aromatic N) is 3. The van der Waals surface area contributed by atoms with Crippen LogP contribution in [0, 0.1) is 5.92 Å². The fraction of sp³-hybridized carbons (Fsp3) is 0.688. The number of ether oxygens (including phenoxy) is 1. The van der Waals surface area contributed by atoms with Crippen LogP contribution in [-0.2, 0) is 20.9 Å². The molecule has 1 aliphatic heterocycles. The Hall–Kier alpha value is -1.89. The molecule has 1 N–H and O–H groups in total. The van der Waals surface area contributed by atoms with Gasteiger partial charge < -0.3 is 15.0 Å². The maximum atomic E-state index is 12.3. The van der Waals surface area contributed by atoms with Crippen molar-refractivity contribution in [2.45, 2.75) is 39.3 Å². The van der Waals surface area contributed by atoms with Gasteiger partial charge in [0.25, 0.3) is 0 Å². The largest absolute Gasteiger partial charge is 0.383 e. The van der Waals surface area contributed by atoms with Gasteiger partial charge in [-0.25, -0.2) is 0 Å². The van der Waals surface area contributed by atoms with Crippen molar-refractivity contribution in [3.8, 4) is 0 Å². The van der Waals surface area contributed by atoms with E-state index in [4.69, 9.17) is 4.74 Å². The molecule has 1 atom stereocenters. The van der Waals surface area contributed by atoms with E-state index in [0.717, 1.165) is 5.56 Å². The lowest BCUT2D eigenvalue weighted by molar-refractivity contribution is -0.138. The smallest absolute Gasteiger partial charge is 0.225 e. The number of methoxy groups -OCH3 is 1. The number of carbonyl (C=O) groups excluding carboxylic acids is 2. The third-order valence-corrected chi connectivity index (χ3v) is 4.09. The standard InChI is InChI=1S/C16H26N4O3/c1-12(2)20-10-13(9-18-20)8-17-16(22)14-4-5-15(21)19(11-14)6-7-23-3/h9-10,12,14H,4-8,11H2,1-3H3,(H,17,22)/t14-/m0/s1. The van der Waals surface area contributed by atoms with Crippen LogP contribution < -0.4 is 5.32 Å². The quantitative estimate of drug-likeness (QED) is 0.811. The molecule has 0 saturated carbocycles. The van der Waals surface area contributed by atoms with E-state index in [1.54, 1.807) is 18.2 Å². The van der Waals surface area contributed by atoms with Gasteiger partial charge in [0.05, 0.1) is 18.7 Å². The zero-order valence-corrected chi connectivity index (χ0v) is 14.1. The second-order valence-electron chi connectivity index (χ2n) is 6.21. The molecule has 0 radical (unpaired) electrons. The van der Waals surface area contributed by atoms with Gasteiger partial charge in [0, 0.05) is 51.0 Å². The van der Waals surface area contributed by atoms with Gasteiger partial charge in [-0.2, -0.15) is 5.10 Å². The number of hydrogen-bond donors (Lipinski definition) is 1. The molecular formula is C16H26N4O3. The van der Waals surface area contributed by atoms with E-state index in [9.17, 15) is 9.59 Å². The summed E-state index contributed by atoms with van der Waals surface area (Å²) in [4.78, 5) is 25.9. The second kappa shape index (κ2) is 8.10. The predicted molar refractivity (Wildman–Crippen MR) is 85.6 cm³/mol. The highest BCUT2D eigenvalue weighted by Gasteiger charge is 2.29. The molecule has 1 aromatic rings. The number of amides is 2. The molecule has 2 rings (SSSR count). The van der Waals surface area contributed by atoms with Crippen molar-refractivity contribution in [2.24, 2.45) is 5.92 Å².